The lowest BCUT2D eigenvalue weighted by Crippen LogP contribution is -2.31. The number of rotatable bonds is 0. The Balaban J connectivity index is 2.15. The van der Waals surface area contributed by atoms with E-state index in [9.17, 15) is 0 Å². The van der Waals surface area contributed by atoms with Crippen LogP contribution in [0.3, 0.4) is 0 Å². The molecule has 0 radical (unpaired) electrons. The molecular formula is C18H21N3. The molecular weight excluding hydrogens is 258 g/mol. The number of aromatic nitrogens is 2. The topological polar surface area (TPSA) is 54.7 Å². The van der Waals surface area contributed by atoms with Crippen LogP contribution >= 0.6 is 0 Å². The number of para-hydroxylation sites is 1. The van der Waals surface area contributed by atoms with Gasteiger partial charge in [0.05, 0.1) is 11.2 Å². The van der Waals surface area contributed by atoms with Crippen molar-refractivity contribution in [1.82, 2.24) is 9.97 Å². The molecule has 3 N–H and O–H groups in total. The summed E-state index contributed by atoms with van der Waals surface area (Å²) < 4.78 is 0. The van der Waals surface area contributed by atoms with Crippen LogP contribution in [-0.2, 0) is 6.42 Å². The van der Waals surface area contributed by atoms with Crippen LogP contribution in [0.5, 0.6) is 0 Å². The average molecular weight is 279 g/mol. The summed E-state index contributed by atoms with van der Waals surface area (Å²) in [6.45, 7) is 6.66. The molecule has 0 amide bonds. The molecule has 0 saturated heterocycles. The van der Waals surface area contributed by atoms with Gasteiger partial charge in [0.25, 0.3) is 0 Å². The van der Waals surface area contributed by atoms with Gasteiger partial charge in [-0.1, -0.05) is 32.0 Å². The van der Waals surface area contributed by atoms with Crippen molar-refractivity contribution in [2.75, 3.05) is 0 Å². The maximum absolute atomic E-state index is 6.53. The molecule has 1 aliphatic carbocycles. The molecule has 1 atom stereocenters. The molecule has 2 heterocycles. The zero-order chi connectivity index (χ0) is 14.8. The SMILES string of the molecule is Cc1nc2c(c3c1[nH]c1ccccc13)C(N)CC(C)(C)C2. The van der Waals surface area contributed by atoms with Gasteiger partial charge in [0, 0.05) is 33.6 Å². The predicted octanol–water partition coefficient (Wildman–Crippen LogP) is 4.00. The van der Waals surface area contributed by atoms with Crippen molar-refractivity contribution in [3.05, 3.63) is 41.2 Å². The number of hydrogen-bond donors (Lipinski definition) is 2. The van der Waals surface area contributed by atoms with E-state index in [0.29, 0.717) is 0 Å². The lowest BCUT2D eigenvalue weighted by atomic mass is 9.73. The Labute approximate surface area is 124 Å². The predicted molar refractivity (Wildman–Crippen MR) is 87.4 cm³/mol. The summed E-state index contributed by atoms with van der Waals surface area (Å²) in [5.41, 5.74) is 12.6. The molecule has 0 spiro atoms. The van der Waals surface area contributed by atoms with Gasteiger partial charge in [0.15, 0.2) is 0 Å². The van der Waals surface area contributed by atoms with Crippen LogP contribution in [0.25, 0.3) is 21.8 Å². The number of hydrogen-bond acceptors (Lipinski definition) is 2. The van der Waals surface area contributed by atoms with Gasteiger partial charge in [0.2, 0.25) is 0 Å². The van der Waals surface area contributed by atoms with Gasteiger partial charge in [-0.05, 0) is 31.2 Å². The van der Waals surface area contributed by atoms with Crippen LogP contribution in [-0.4, -0.2) is 9.97 Å². The fourth-order valence-corrected chi connectivity index (χ4v) is 3.91. The maximum atomic E-state index is 6.53. The van der Waals surface area contributed by atoms with Crippen molar-refractivity contribution in [3.63, 3.8) is 0 Å². The summed E-state index contributed by atoms with van der Waals surface area (Å²) in [5.74, 6) is 0. The van der Waals surface area contributed by atoms with Crippen molar-refractivity contribution < 1.29 is 0 Å². The first-order valence-corrected chi connectivity index (χ1v) is 7.62. The zero-order valence-corrected chi connectivity index (χ0v) is 12.8. The van der Waals surface area contributed by atoms with Gasteiger partial charge >= 0.3 is 0 Å². The van der Waals surface area contributed by atoms with Crippen LogP contribution < -0.4 is 5.73 Å². The molecule has 0 fully saturated rings. The number of nitrogens with two attached hydrogens (primary N) is 1. The Morgan fingerprint density at radius 3 is 2.86 bits per heavy atom. The van der Waals surface area contributed by atoms with E-state index < -0.39 is 0 Å². The number of nitrogens with zero attached hydrogens (tertiary/aromatic N) is 1. The average Bonchev–Trinajstić information content (AvgIpc) is 2.77. The Hall–Kier alpha value is -1.87. The Bertz CT molecular complexity index is 858. The first-order valence-electron chi connectivity index (χ1n) is 7.62. The second kappa shape index (κ2) is 4.08. The second-order valence-electron chi connectivity index (χ2n) is 7.13. The van der Waals surface area contributed by atoms with Crippen molar-refractivity contribution in [1.29, 1.82) is 0 Å². The van der Waals surface area contributed by atoms with Crippen molar-refractivity contribution in [3.8, 4) is 0 Å². The molecule has 108 valence electrons. The molecule has 0 bridgehead atoms. The molecule has 21 heavy (non-hydrogen) atoms. The summed E-state index contributed by atoms with van der Waals surface area (Å²) in [6, 6.07) is 8.53. The molecule has 3 nitrogen and oxygen atoms in total. The minimum atomic E-state index is 0.0681. The fourth-order valence-electron chi connectivity index (χ4n) is 3.91. The molecule has 4 rings (SSSR count). The molecule has 1 unspecified atom stereocenters. The highest BCUT2D eigenvalue weighted by molar-refractivity contribution is 6.10. The van der Waals surface area contributed by atoms with E-state index in [4.69, 9.17) is 10.7 Å². The van der Waals surface area contributed by atoms with E-state index in [1.165, 1.54) is 27.5 Å². The second-order valence-corrected chi connectivity index (χ2v) is 7.13. The van der Waals surface area contributed by atoms with Gasteiger partial charge in [-0.3, -0.25) is 4.98 Å². The lowest BCUT2D eigenvalue weighted by Gasteiger charge is -2.35. The van der Waals surface area contributed by atoms with Gasteiger partial charge in [-0.2, -0.15) is 0 Å². The highest BCUT2D eigenvalue weighted by Gasteiger charge is 2.33. The molecule has 2 aromatic heterocycles. The third kappa shape index (κ3) is 1.80. The summed E-state index contributed by atoms with van der Waals surface area (Å²) in [6.07, 6.45) is 2.02. The van der Waals surface area contributed by atoms with E-state index in [-0.39, 0.29) is 11.5 Å². The van der Waals surface area contributed by atoms with E-state index in [1.54, 1.807) is 0 Å². The number of H-pyrrole nitrogens is 1. The van der Waals surface area contributed by atoms with Crippen LogP contribution in [0.15, 0.2) is 24.3 Å². The smallest absolute Gasteiger partial charge is 0.0684 e. The maximum Gasteiger partial charge on any atom is 0.0684 e. The number of aryl methyl sites for hydroxylation is 1. The molecule has 1 aliphatic rings. The first kappa shape index (κ1) is 12.8. The molecule has 1 aromatic carbocycles. The Morgan fingerprint density at radius 2 is 2.05 bits per heavy atom. The number of benzene rings is 1. The minimum Gasteiger partial charge on any atom is -0.353 e. The fraction of sp³-hybridized carbons (Fsp3) is 0.389. The standard InChI is InChI=1S/C18H21N3/c1-10-17-15(11-6-4-5-7-13(11)21-17)16-12(19)8-18(2,3)9-14(16)20-10/h4-7,12,21H,8-9,19H2,1-3H3. The summed E-state index contributed by atoms with van der Waals surface area (Å²) >= 11 is 0. The number of pyridine rings is 1. The van der Waals surface area contributed by atoms with Gasteiger partial charge in [0.1, 0.15) is 0 Å². The van der Waals surface area contributed by atoms with Crippen LogP contribution in [0.1, 0.15) is 43.3 Å². The van der Waals surface area contributed by atoms with Crippen molar-refractivity contribution in [2.24, 2.45) is 11.1 Å². The van der Waals surface area contributed by atoms with E-state index in [1.807, 2.05) is 0 Å². The van der Waals surface area contributed by atoms with Gasteiger partial charge in [-0.15, -0.1) is 0 Å². The zero-order valence-electron chi connectivity index (χ0n) is 12.8. The Morgan fingerprint density at radius 1 is 1.29 bits per heavy atom. The number of nitrogens with one attached hydrogen (secondary N) is 1. The van der Waals surface area contributed by atoms with Gasteiger partial charge in [-0.25, -0.2) is 0 Å². The molecule has 3 aromatic rings. The lowest BCUT2D eigenvalue weighted by molar-refractivity contribution is 0.280. The quantitative estimate of drug-likeness (QED) is 0.653. The molecule has 3 heteroatoms. The van der Waals surface area contributed by atoms with E-state index in [2.05, 4.69) is 50.0 Å². The van der Waals surface area contributed by atoms with Crippen LogP contribution in [0.2, 0.25) is 0 Å². The van der Waals surface area contributed by atoms with E-state index in [0.717, 1.165) is 24.1 Å². The van der Waals surface area contributed by atoms with Crippen LogP contribution in [0, 0.1) is 12.3 Å². The third-order valence-electron chi connectivity index (χ3n) is 4.74. The monoisotopic (exact) mass is 279 g/mol. The summed E-state index contributed by atoms with van der Waals surface area (Å²) in [4.78, 5) is 8.39. The third-order valence-corrected chi connectivity index (χ3v) is 4.74. The Kier molecular flexibility index (Phi) is 2.49. The minimum absolute atomic E-state index is 0.0681. The highest BCUT2D eigenvalue weighted by atomic mass is 14.8. The normalized spacial score (nSPS) is 20.9. The van der Waals surface area contributed by atoms with Crippen molar-refractivity contribution >= 4 is 21.8 Å². The summed E-state index contributed by atoms with van der Waals surface area (Å²) in [5, 5.41) is 2.56. The molecule has 0 saturated carbocycles. The van der Waals surface area contributed by atoms with E-state index >= 15 is 0 Å². The van der Waals surface area contributed by atoms with Crippen LogP contribution in [0.4, 0.5) is 0 Å². The highest BCUT2D eigenvalue weighted by Crippen LogP contribution is 2.43. The number of fused-ring (bicyclic) bond motifs is 5. The number of aromatic amines is 1. The first-order chi connectivity index (χ1) is 9.96. The summed E-state index contributed by atoms with van der Waals surface area (Å²) in [7, 11) is 0. The largest absolute Gasteiger partial charge is 0.353 e. The molecule has 0 aliphatic heterocycles. The van der Waals surface area contributed by atoms with Gasteiger partial charge < -0.3 is 10.7 Å². The van der Waals surface area contributed by atoms with Crippen molar-refractivity contribution in [2.45, 2.75) is 39.7 Å².